The van der Waals surface area contributed by atoms with Crippen molar-refractivity contribution in [2.75, 3.05) is 19.8 Å². The first-order chi connectivity index (χ1) is 15.7. The maximum Gasteiger partial charge on any atom is 0.416 e. The molecule has 0 heterocycles. The number of nitrogens with one attached hydrogen (secondary N) is 2. The van der Waals surface area contributed by atoms with Crippen LogP contribution in [0, 0.1) is 5.41 Å². The van der Waals surface area contributed by atoms with Gasteiger partial charge in [-0.1, -0.05) is 45.4 Å². The number of carbonyl (C=O) groups excluding carboxylic acids is 2. The van der Waals surface area contributed by atoms with Gasteiger partial charge in [0.1, 0.15) is 13.2 Å². The van der Waals surface area contributed by atoms with Gasteiger partial charge in [0.05, 0.1) is 5.56 Å². The standard InChI is InChI=1S/C12H16F3N.C12H24N2O4.ClH/c1-3-16-9(2)7-10-5-4-6-11(8-10)12(13,14)15;1-5-6-12(4,7-17-10(13)15)8-18-11(16)14-9(2)3;/h4-6,8-9,16H,3,7H2,1-2H3;9H,5-8H2,1-4H3,(H2,13,15)(H,14,16);1H. The van der Waals surface area contributed by atoms with Gasteiger partial charge in [-0.2, -0.15) is 13.2 Å². The number of alkyl halides is 3. The molecule has 11 heteroatoms. The zero-order chi connectivity index (χ0) is 26.4. The number of benzene rings is 1. The van der Waals surface area contributed by atoms with Crippen LogP contribution < -0.4 is 16.4 Å². The van der Waals surface area contributed by atoms with Crippen LogP contribution in [0.2, 0.25) is 0 Å². The number of alkyl carbamates (subject to hydrolysis) is 1. The van der Waals surface area contributed by atoms with Crippen molar-refractivity contribution in [1.82, 2.24) is 10.6 Å². The molecule has 0 aliphatic rings. The zero-order valence-electron chi connectivity index (χ0n) is 21.5. The number of halogens is 4. The molecule has 35 heavy (non-hydrogen) atoms. The van der Waals surface area contributed by atoms with Gasteiger partial charge in [-0.3, -0.25) is 0 Å². The lowest BCUT2D eigenvalue weighted by Gasteiger charge is -2.27. The molecule has 2 amide bonds. The highest BCUT2D eigenvalue weighted by Gasteiger charge is 2.30. The predicted octanol–water partition coefficient (Wildman–Crippen LogP) is 5.69. The summed E-state index contributed by atoms with van der Waals surface area (Å²) >= 11 is 0. The molecule has 2 unspecified atom stereocenters. The van der Waals surface area contributed by atoms with Gasteiger partial charge in [0, 0.05) is 17.5 Å². The molecule has 7 nitrogen and oxygen atoms in total. The average Bonchev–Trinajstić information content (AvgIpc) is 2.71. The fraction of sp³-hybridized carbons (Fsp3) is 0.667. The molecular weight excluding hydrogens is 487 g/mol. The molecule has 204 valence electrons. The maximum absolute atomic E-state index is 12.4. The molecule has 1 aromatic carbocycles. The van der Waals surface area contributed by atoms with Gasteiger partial charge < -0.3 is 25.8 Å². The Labute approximate surface area is 213 Å². The van der Waals surface area contributed by atoms with Crippen LogP contribution in [-0.2, 0) is 22.1 Å². The van der Waals surface area contributed by atoms with Crippen molar-refractivity contribution in [2.45, 2.75) is 79.1 Å². The lowest BCUT2D eigenvalue weighted by atomic mass is 9.87. The van der Waals surface area contributed by atoms with E-state index in [1.165, 1.54) is 12.1 Å². The summed E-state index contributed by atoms with van der Waals surface area (Å²) in [5.74, 6) is 0. The Morgan fingerprint density at radius 1 is 1.09 bits per heavy atom. The molecule has 2 atom stereocenters. The van der Waals surface area contributed by atoms with E-state index in [0.717, 1.165) is 25.5 Å². The van der Waals surface area contributed by atoms with Gasteiger partial charge in [0.15, 0.2) is 0 Å². The van der Waals surface area contributed by atoms with Crippen LogP contribution in [-0.4, -0.2) is 44.0 Å². The van der Waals surface area contributed by atoms with Gasteiger partial charge in [-0.05, 0) is 51.8 Å². The number of amides is 2. The molecule has 0 aromatic heterocycles. The maximum atomic E-state index is 12.4. The first-order valence-electron chi connectivity index (χ1n) is 11.5. The molecule has 4 N–H and O–H groups in total. The van der Waals surface area contributed by atoms with E-state index in [2.05, 4.69) is 10.6 Å². The van der Waals surface area contributed by atoms with Crippen molar-refractivity contribution in [2.24, 2.45) is 11.1 Å². The highest BCUT2D eigenvalue weighted by molar-refractivity contribution is 5.85. The number of carbonyl (C=O) groups is 2. The van der Waals surface area contributed by atoms with Gasteiger partial charge in [0.25, 0.3) is 0 Å². The van der Waals surface area contributed by atoms with Crippen molar-refractivity contribution in [3.8, 4) is 0 Å². The van der Waals surface area contributed by atoms with Crippen molar-refractivity contribution < 1.29 is 32.2 Å². The normalized spacial score (nSPS) is 13.4. The summed E-state index contributed by atoms with van der Waals surface area (Å²) in [6.45, 7) is 12.7. The fourth-order valence-corrected chi connectivity index (χ4v) is 3.20. The second-order valence-electron chi connectivity index (χ2n) is 8.90. The van der Waals surface area contributed by atoms with Crippen molar-refractivity contribution in [3.05, 3.63) is 35.4 Å². The lowest BCUT2D eigenvalue weighted by molar-refractivity contribution is -0.137. The Hall–Kier alpha value is -2.20. The summed E-state index contributed by atoms with van der Waals surface area (Å²) in [5, 5.41) is 5.80. The van der Waals surface area contributed by atoms with Crippen LogP contribution in [0.15, 0.2) is 24.3 Å². The number of hydrogen-bond donors (Lipinski definition) is 3. The molecule has 0 aliphatic carbocycles. The van der Waals surface area contributed by atoms with E-state index in [0.29, 0.717) is 12.0 Å². The average molecular weight is 528 g/mol. The Morgan fingerprint density at radius 3 is 2.17 bits per heavy atom. The minimum absolute atomic E-state index is 0. The van der Waals surface area contributed by atoms with E-state index in [1.807, 2.05) is 41.5 Å². The third-order valence-electron chi connectivity index (χ3n) is 4.72. The molecule has 0 radical (unpaired) electrons. The third kappa shape index (κ3) is 17.0. The largest absolute Gasteiger partial charge is 0.449 e. The van der Waals surface area contributed by atoms with E-state index in [-0.39, 0.29) is 37.7 Å². The van der Waals surface area contributed by atoms with E-state index >= 15 is 0 Å². The molecule has 0 bridgehead atoms. The Bertz CT molecular complexity index is 751. The topological polar surface area (TPSA) is 103 Å². The van der Waals surface area contributed by atoms with Crippen molar-refractivity contribution in [1.29, 1.82) is 0 Å². The predicted molar refractivity (Wildman–Crippen MR) is 134 cm³/mol. The quantitative estimate of drug-likeness (QED) is 0.343. The van der Waals surface area contributed by atoms with Gasteiger partial charge in [-0.25, -0.2) is 9.59 Å². The van der Waals surface area contributed by atoms with Gasteiger partial charge in [-0.15, -0.1) is 12.4 Å². The molecule has 1 aromatic rings. The van der Waals surface area contributed by atoms with E-state index in [4.69, 9.17) is 15.2 Å². The second-order valence-corrected chi connectivity index (χ2v) is 8.90. The molecule has 0 spiro atoms. The molecule has 0 saturated carbocycles. The number of primary amides is 1. The van der Waals surface area contributed by atoms with Crippen molar-refractivity contribution in [3.63, 3.8) is 0 Å². The summed E-state index contributed by atoms with van der Waals surface area (Å²) in [7, 11) is 0. The molecule has 0 fully saturated rings. The summed E-state index contributed by atoms with van der Waals surface area (Å²) in [4.78, 5) is 22.0. The third-order valence-corrected chi connectivity index (χ3v) is 4.72. The summed E-state index contributed by atoms with van der Waals surface area (Å²) < 4.78 is 47.2. The summed E-state index contributed by atoms with van der Waals surface area (Å²) in [6, 6.07) is 5.71. The molecule has 1 rings (SSSR count). The number of hydrogen-bond acceptors (Lipinski definition) is 5. The number of likely N-dealkylation sites (N-methyl/N-ethyl adjacent to an activating group) is 1. The highest BCUT2D eigenvalue weighted by atomic mass is 35.5. The lowest BCUT2D eigenvalue weighted by Crippen LogP contribution is -2.37. The van der Waals surface area contributed by atoms with Crippen LogP contribution in [0.3, 0.4) is 0 Å². The van der Waals surface area contributed by atoms with E-state index in [1.54, 1.807) is 6.07 Å². The Balaban J connectivity index is 0. The van der Waals surface area contributed by atoms with Crippen LogP contribution in [0.5, 0.6) is 0 Å². The van der Waals surface area contributed by atoms with Gasteiger partial charge >= 0.3 is 18.4 Å². The van der Waals surface area contributed by atoms with Crippen LogP contribution in [0.4, 0.5) is 22.8 Å². The smallest absolute Gasteiger partial charge is 0.416 e. The monoisotopic (exact) mass is 527 g/mol. The number of ether oxygens (including phenoxy) is 2. The molecule has 0 aliphatic heterocycles. The summed E-state index contributed by atoms with van der Waals surface area (Å²) in [5.41, 5.74) is 4.67. The Morgan fingerprint density at radius 2 is 1.69 bits per heavy atom. The van der Waals surface area contributed by atoms with Crippen LogP contribution in [0.1, 0.15) is 65.5 Å². The van der Waals surface area contributed by atoms with Crippen molar-refractivity contribution >= 4 is 24.6 Å². The van der Waals surface area contributed by atoms with E-state index < -0.39 is 29.3 Å². The summed E-state index contributed by atoms with van der Waals surface area (Å²) in [6.07, 6.45) is -3.26. The SMILES string of the molecule is CCCC(C)(COC(N)=O)COC(=O)NC(C)C.CCNC(C)Cc1cccc(C(F)(F)F)c1.Cl. The molecular formula is C24H41ClF3N3O4. The van der Waals surface area contributed by atoms with Crippen LogP contribution in [0.25, 0.3) is 0 Å². The first kappa shape index (κ1) is 35.0. The highest BCUT2D eigenvalue weighted by Crippen LogP contribution is 2.29. The minimum Gasteiger partial charge on any atom is -0.449 e. The number of rotatable bonds is 11. The Kier molecular flexibility index (Phi) is 17.2. The fourth-order valence-electron chi connectivity index (χ4n) is 3.20. The second kappa shape index (κ2) is 17.3. The van der Waals surface area contributed by atoms with Crippen LogP contribution >= 0.6 is 12.4 Å². The first-order valence-corrected chi connectivity index (χ1v) is 11.5. The minimum atomic E-state index is -4.25. The zero-order valence-corrected chi connectivity index (χ0v) is 22.3. The number of nitrogens with two attached hydrogens (primary N) is 1. The molecule has 0 saturated heterocycles. The van der Waals surface area contributed by atoms with E-state index in [9.17, 15) is 22.8 Å². The van der Waals surface area contributed by atoms with Gasteiger partial charge in [0.2, 0.25) is 0 Å².